The molecule has 0 bridgehead atoms. The summed E-state index contributed by atoms with van der Waals surface area (Å²) in [5.41, 5.74) is 0.364. The molecule has 1 unspecified atom stereocenters. The highest BCUT2D eigenvalue weighted by Gasteiger charge is 2.29. The van der Waals surface area contributed by atoms with Gasteiger partial charge in [-0.2, -0.15) is 0 Å². The molecule has 1 N–H and O–H groups in total. The Balaban J connectivity index is 1.59. The molecule has 0 aliphatic carbocycles. The third kappa shape index (κ3) is 3.99. The molecule has 0 saturated carbocycles. The van der Waals surface area contributed by atoms with Gasteiger partial charge in [-0.25, -0.2) is 18.4 Å². The van der Waals surface area contributed by atoms with E-state index in [0.29, 0.717) is 17.9 Å². The summed E-state index contributed by atoms with van der Waals surface area (Å²) < 4.78 is 22.8. The topological polar surface area (TPSA) is 92.3 Å². The highest BCUT2D eigenvalue weighted by Crippen LogP contribution is 2.19. The molecule has 8 heteroatoms. The monoisotopic (exact) mass is 338 g/mol. The lowest BCUT2D eigenvalue weighted by Crippen LogP contribution is -2.36. The molecule has 0 spiro atoms. The van der Waals surface area contributed by atoms with Crippen molar-refractivity contribution >= 4 is 21.7 Å². The van der Waals surface area contributed by atoms with Gasteiger partial charge < -0.3 is 10.2 Å². The predicted molar refractivity (Wildman–Crippen MR) is 87.2 cm³/mol. The van der Waals surface area contributed by atoms with E-state index in [-0.39, 0.29) is 23.5 Å². The van der Waals surface area contributed by atoms with Crippen molar-refractivity contribution in [1.29, 1.82) is 0 Å². The average Bonchev–Trinajstić information content (AvgIpc) is 2.87. The van der Waals surface area contributed by atoms with Gasteiger partial charge in [0.1, 0.15) is 0 Å². The summed E-state index contributed by atoms with van der Waals surface area (Å²) in [7, 11) is -3.00. The number of carbonyl (C=O) groups is 1. The average molecular weight is 338 g/mol. The maximum absolute atomic E-state index is 12.1. The maximum Gasteiger partial charge on any atom is 0.254 e. The molecule has 1 atom stereocenters. The Kier molecular flexibility index (Phi) is 4.52. The van der Waals surface area contributed by atoms with E-state index in [9.17, 15) is 13.2 Å². The smallest absolute Gasteiger partial charge is 0.254 e. The SMILES string of the molecule is CC1CCN(c2ncc(C(=O)NC3CCS(=O)(=O)C3)cn2)CC1. The molecule has 1 aromatic rings. The van der Waals surface area contributed by atoms with Crippen LogP contribution in [0.5, 0.6) is 0 Å². The number of hydrogen-bond donors (Lipinski definition) is 1. The van der Waals surface area contributed by atoms with Gasteiger partial charge in [0, 0.05) is 31.5 Å². The number of aromatic nitrogens is 2. The van der Waals surface area contributed by atoms with Gasteiger partial charge in [-0.3, -0.25) is 4.79 Å². The lowest BCUT2D eigenvalue weighted by atomic mass is 10.00. The van der Waals surface area contributed by atoms with E-state index in [1.165, 1.54) is 12.4 Å². The van der Waals surface area contributed by atoms with Crippen LogP contribution in [0.2, 0.25) is 0 Å². The fourth-order valence-electron chi connectivity index (χ4n) is 2.99. The minimum absolute atomic E-state index is 0.0175. The molecular weight excluding hydrogens is 316 g/mol. The fourth-order valence-corrected chi connectivity index (χ4v) is 4.66. The van der Waals surface area contributed by atoms with Crippen molar-refractivity contribution < 1.29 is 13.2 Å². The quantitative estimate of drug-likeness (QED) is 0.869. The zero-order chi connectivity index (χ0) is 16.4. The zero-order valence-electron chi connectivity index (χ0n) is 13.2. The Morgan fingerprint density at radius 3 is 2.43 bits per heavy atom. The van der Waals surface area contributed by atoms with Crippen molar-refractivity contribution in [2.75, 3.05) is 29.5 Å². The summed E-state index contributed by atoms with van der Waals surface area (Å²) >= 11 is 0. The second-order valence-corrected chi connectivity index (χ2v) is 8.74. The first-order valence-corrected chi connectivity index (χ1v) is 9.83. The first-order valence-electron chi connectivity index (χ1n) is 8.01. The Labute approximate surface area is 136 Å². The summed E-state index contributed by atoms with van der Waals surface area (Å²) in [5.74, 6) is 1.23. The maximum atomic E-state index is 12.1. The van der Waals surface area contributed by atoms with Gasteiger partial charge in [0.2, 0.25) is 5.95 Å². The van der Waals surface area contributed by atoms with Gasteiger partial charge in [0.15, 0.2) is 9.84 Å². The van der Waals surface area contributed by atoms with Crippen molar-refractivity contribution in [2.24, 2.45) is 5.92 Å². The number of nitrogens with zero attached hydrogens (tertiary/aromatic N) is 3. The molecular formula is C15H22N4O3S. The summed E-state index contributed by atoms with van der Waals surface area (Å²) in [6, 6.07) is -0.309. The van der Waals surface area contributed by atoms with Gasteiger partial charge >= 0.3 is 0 Å². The van der Waals surface area contributed by atoms with Crippen LogP contribution in [0.25, 0.3) is 0 Å². The molecule has 23 heavy (non-hydrogen) atoms. The third-order valence-corrected chi connectivity index (χ3v) is 6.30. The minimum Gasteiger partial charge on any atom is -0.348 e. The highest BCUT2D eigenvalue weighted by molar-refractivity contribution is 7.91. The molecule has 0 radical (unpaired) electrons. The number of carbonyl (C=O) groups excluding carboxylic acids is 1. The first-order chi connectivity index (χ1) is 10.9. The molecule has 7 nitrogen and oxygen atoms in total. The number of hydrogen-bond acceptors (Lipinski definition) is 6. The Hall–Kier alpha value is -1.70. The molecule has 2 aliphatic heterocycles. The van der Waals surface area contributed by atoms with Crippen molar-refractivity contribution in [3.05, 3.63) is 18.0 Å². The molecule has 0 aromatic carbocycles. The lowest BCUT2D eigenvalue weighted by Gasteiger charge is -2.30. The standard InChI is InChI=1S/C15H22N4O3S/c1-11-2-5-19(6-3-11)15-16-8-12(9-17-15)14(20)18-13-4-7-23(21,22)10-13/h8-9,11,13H,2-7,10H2,1H3,(H,18,20). The van der Waals surface area contributed by atoms with E-state index < -0.39 is 9.84 Å². The van der Waals surface area contributed by atoms with Crippen LogP contribution in [-0.2, 0) is 9.84 Å². The molecule has 1 aromatic heterocycles. The van der Waals surface area contributed by atoms with E-state index in [1.54, 1.807) is 0 Å². The minimum atomic E-state index is -3.00. The Morgan fingerprint density at radius 1 is 1.22 bits per heavy atom. The highest BCUT2D eigenvalue weighted by atomic mass is 32.2. The Bertz CT molecular complexity index is 666. The van der Waals surface area contributed by atoms with E-state index in [0.717, 1.165) is 31.8 Å². The van der Waals surface area contributed by atoms with E-state index in [1.807, 2.05) is 0 Å². The molecule has 1 amide bonds. The number of amides is 1. The van der Waals surface area contributed by atoms with Crippen LogP contribution < -0.4 is 10.2 Å². The summed E-state index contributed by atoms with van der Waals surface area (Å²) in [6.45, 7) is 4.12. The molecule has 2 saturated heterocycles. The zero-order valence-corrected chi connectivity index (χ0v) is 14.1. The largest absolute Gasteiger partial charge is 0.348 e. The van der Waals surface area contributed by atoms with Crippen LogP contribution in [0.4, 0.5) is 5.95 Å². The van der Waals surface area contributed by atoms with Gasteiger partial charge in [-0.15, -0.1) is 0 Å². The predicted octanol–water partition coefficient (Wildman–Crippen LogP) is 0.630. The number of sulfone groups is 1. The van der Waals surface area contributed by atoms with Crippen molar-refractivity contribution in [3.8, 4) is 0 Å². The number of anilines is 1. The van der Waals surface area contributed by atoms with Crippen LogP contribution in [0.15, 0.2) is 12.4 Å². The number of piperidine rings is 1. The van der Waals surface area contributed by atoms with Crippen LogP contribution in [0, 0.1) is 5.92 Å². The van der Waals surface area contributed by atoms with Crippen molar-refractivity contribution in [1.82, 2.24) is 15.3 Å². The van der Waals surface area contributed by atoms with Crippen LogP contribution in [0.3, 0.4) is 0 Å². The van der Waals surface area contributed by atoms with Gasteiger partial charge in [0.25, 0.3) is 5.91 Å². The second-order valence-electron chi connectivity index (χ2n) is 6.51. The van der Waals surface area contributed by atoms with Crippen molar-refractivity contribution in [3.63, 3.8) is 0 Å². The summed E-state index contributed by atoms with van der Waals surface area (Å²) in [5, 5.41) is 2.74. The van der Waals surface area contributed by atoms with E-state index in [4.69, 9.17) is 0 Å². The lowest BCUT2D eigenvalue weighted by molar-refractivity contribution is 0.0940. The number of rotatable bonds is 3. The second kappa shape index (κ2) is 6.43. The fraction of sp³-hybridized carbons (Fsp3) is 0.667. The number of nitrogens with one attached hydrogen (secondary N) is 1. The van der Waals surface area contributed by atoms with Gasteiger partial charge in [-0.1, -0.05) is 6.92 Å². The molecule has 3 rings (SSSR count). The van der Waals surface area contributed by atoms with Gasteiger partial charge in [0.05, 0.1) is 17.1 Å². The van der Waals surface area contributed by atoms with Crippen molar-refractivity contribution in [2.45, 2.75) is 32.2 Å². The van der Waals surface area contributed by atoms with Crippen LogP contribution in [0.1, 0.15) is 36.5 Å². The molecule has 126 valence electrons. The van der Waals surface area contributed by atoms with E-state index >= 15 is 0 Å². The summed E-state index contributed by atoms with van der Waals surface area (Å²) in [6.07, 6.45) is 5.75. The molecule has 2 aliphatic rings. The normalized spacial score (nSPS) is 24.6. The third-order valence-electron chi connectivity index (χ3n) is 4.53. The van der Waals surface area contributed by atoms with Crippen LogP contribution >= 0.6 is 0 Å². The van der Waals surface area contributed by atoms with E-state index in [2.05, 4.69) is 27.1 Å². The Morgan fingerprint density at radius 2 is 1.87 bits per heavy atom. The van der Waals surface area contributed by atoms with Gasteiger partial charge in [-0.05, 0) is 25.2 Å². The molecule has 3 heterocycles. The summed E-state index contributed by atoms with van der Waals surface area (Å²) in [4.78, 5) is 22.8. The van der Waals surface area contributed by atoms with Crippen LogP contribution in [-0.4, -0.2) is 54.9 Å². The first kappa shape index (κ1) is 16.2. The molecule has 2 fully saturated rings.